The number of nitriles is 1. The smallest absolute Gasteiger partial charge is 0.208 e. The van der Waals surface area contributed by atoms with E-state index in [4.69, 9.17) is 5.26 Å². The number of rotatable bonds is 5. The first-order valence-electron chi connectivity index (χ1n) is 6.80. The largest absolute Gasteiger partial charge is 0.240 e. The van der Waals surface area contributed by atoms with Crippen molar-refractivity contribution in [1.82, 2.24) is 4.72 Å². The Kier molecular flexibility index (Phi) is 5.25. The molecular weight excluding hydrogens is 311 g/mol. The minimum absolute atomic E-state index is 0.0629. The molecule has 0 bridgehead atoms. The van der Waals surface area contributed by atoms with Gasteiger partial charge in [0.2, 0.25) is 10.0 Å². The minimum atomic E-state index is -3.71. The molecule has 1 N–H and O–H groups in total. The standard InChI is InChI=1S/C14H17FN2O2S2/c1-2-20-12-4-3-11(8-12)17-21(18,19)13-5-6-14(15)10(7-13)9-16/h5-7,11-12,17H,2-4,8H2,1H3. The molecule has 2 unspecified atom stereocenters. The first-order chi connectivity index (χ1) is 9.96. The lowest BCUT2D eigenvalue weighted by atomic mass is 10.2. The van der Waals surface area contributed by atoms with Crippen molar-refractivity contribution in [1.29, 1.82) is 5.26 Å². The van der Waals surface area contributed by atoms with E-state index < -0.39 is 15.8 Å². The molecule has 1 fully saturated rings. The summed E-state index contributed by atoms with van der Waals surface area (Å²) in [6, 6.07) is 4.84. The summed E-state index contributed by atoms with van der Waals surface area (Å²) in [5.74, 6) is 0.310. The highest BCUT2D eigenvalue weighted by molar-refractivity contribution is 7.99. The molecule has 0 saturated heterocycles. The highest BCUT2D eigenvalue weighted by atomic mass is 32.2. The molecule has 1 aromatic rings. The van der Waals surface area contributed by atoms with Crippen LogP contribution in [0.2, 0.25) is 0 Å². The van der Waals surface area contributed by atoms with E-state index in [1.165, 1.54) is 6.07 Å². The van der Waals surface area contributed by atoms with Crippen molar-refractivity contribution in [3.8, 4) is 6.07 Å². The summed E-state index contributed by atoms with van der Waals surface area (Å²) in [4.78, 5) is -0.0629. The Bertz CT molecular complexity index is 655. The fourth-order valence-electron chi connectivity index (χ4n) is 2.48. The van der Waals surface area contributed by atoms with E-state index >= 15 is 0 Å². The predicted molar refractivity (Wildman–Crippen MR) is 81.0 cm³/mol. The molecule has 1 aliphatic carbocycles. The van der Waals surface area contributed by atoms with Gasteiger partial charge >= 0.3 is 0 Å². The molecule has 0 amide bonds. The summed E-state index contributed by atoms with van der Waals surface area (Å²) in [6.07, 6.45) is 2.62. The van der Waals surface area contributed by atoms with Gasteiger partial charge in [-0.3, -0.25) is 0 Å². The third kappa shape index (κ3) is 3.96. The van der Waals surface area contributed by atoms with Crippen LogP contribution in [-0.4, -0.2) is 25.5 Å². The summed E-state index contributed by atoms with van der Waals surface area (Å²) >= 11 is 1.85. The van der Waals surface area contributed by atoms with Gasteiger partial charge in [0.05, 0.1) is 10.5 Å². The van der Waals surface area contributed by atoms with Gasteiger partial charge in [-0.05, 0) is 43.2 Å². The number of nitrogens with one attached hydrogen (secondary N) is 1. The normalized spacial score (nSPS) is 22.1. The van der Waals surface area contributed by atoms with Gasteiger partial charge in [0.25, 0.3) is 0 Å². The number of nitrogens with zero attached hydrogens (tertiary/aromatic N) is 1. The highest BCUT2D eigenvalue weighted by Crippen LogP contribution is 2.30. The number of thioether (sulfide) groups is 1. The molecule has 21 heavy (non-hydrogen) atoms. The van der Waals surface area contributed by atoms with Gasteiger partial charge < -0.3 is 0 Å². The van der Waals surface area contributed by atoms with Crippen LogP contribution in [0.1, 0.15) is 31.7 Å². The molecule has 0 heterocycles. The Morgan fingerprint density at radius 2 is 2.24 bits per heavy atom. The SMILES string of the molecule is CCSC1CCC(NS(=O)(=O)c2ccc(F)c(C#N)c2)C1. The summed E-state index contributed by atoms with van der Waals surface area (Å²) in [5, 5.41) is 9.27. The second-order valence-electron chi connectivity index (χ2n) is 4.96. The highest BCUT2D eigenvalue weighted by Gasteiger charge is 2.28. The van der Waals surface area contributed by atoms with Crippen molar-refractivity contribution >= 4 is 21.8 Å². The van der Waals surface area contributed by atoms with E-state index in [2.05, 4.69) is 11.6 Å². The molecule has 114 valence electrons. The van der Waals surface area contributed by atoms with Gasteiger partial charge in [0.15, 0.2) is 0 Å². The maximum Gasteiger partial charge on any atom is 0.240 e. The molecule has 7 heteroatoms. The van der Waals surface area contributed by atoms with Crippen LogP contribution in [0.3, 0.4) is 0 Å². The maximum atomic E-state index is 13.3. The number of hydrogen-bond acceptors (Lipinski definition) is 4. The summed E-state index contributed by atoms with van der Waals surface area (Å²) < 4.78 is 40.5. The van der Waals surface area contributed by atoms with Crippen LogP contribution >= 0.6 is 11.8 Å². The van der Waals surface area contributed by atoms with Gasteiger partial charge in [0, 0.05) is 11.3 Å². The van der Waals surface area contributed by atoms with Crippen LogP contribution in [0.25, 0.3) is 0 Å². The average Bonchev–Trinajstić information content (AvgIpc) is 2.86. The fraction of sp³-hybridized carbons (Fsp3) is 0.500. The Morgan fingerprint density at radius 3 is 2.90 bits per heavy atom. The zero-order valence-corrected chi connectivity index (χ0v) is 13.3. The van der Waals surface area contributed by atoms with E-state index in [0.717, 1.165) is 37.1 Å². The number of halogens is 1. The van der Waals surface area contributed by atoms with Crippen molar-refractivity contribution in [3.63, 3.8) is 0 Å². The fourth-order valence-corrected chi connectivity index (χ4v) is 4.93. The van der Waals surface area contributed by atoms with Crippen LogP contribution < -0.4 is 4.72 Å². The molecule has 0 spiro atoms. The zero-order chi connectivity index (χ0) is 15.5. The van der Waals surface area contributed by atoms with Gasteiger partial charge in [-0.1, -0.05) is 6.92 Å². The zero-order valence-electron chi connectivity index (χ0n) is 11.7. The lowest BCUT2D eigenvalue weighted by Crippen LogP contribution is -2.33. The lowest BCUT2D eigenvalue weighted by molar-refractivity contribution is 0.552. The summed E-state index contributed by atoms with van der Waals surface area (Å²) in [7, 11) is -3.71. The summed E-state index contributed by atoms with van der Waals surface area (Å²) in [5.41, 5.74) is -0.260. The minimum Gasteiger partial charge on any atom is -0.208 e. The van der Waals surface area contributed by atoms with Crippen molar-refractivity contribution < 1.29 is 12.8 Å². The number of sulfonamides is 1. The first-order valence-corrected chi connectivity index (χ1v) is 9.33. The van der Waals surface area contributed by atoms with Crippen LogP contribution in [0.4, 0.5) is 4.39 Å². The molecule has 2 rings (SSSR count). The topological polar surface area (TPSA) is 70.0 Å². The molecule has 1 saturated carbocycles. The van der Waals surface area contributed by atoms with Crippen LogP contribution in [-0.2, 0) is 10.0 Å². The Balaban J connectivity index is 2.11. The van der Waals surface area contributed by atoms with Crippen molar-refractivity contribution in [2.24, 2.45) is 0 Å². The molecule has 0 aliphatic heterocycles. The second kappa shape index (κ2) is 6.77. The van der Waals surface area contributed by atoms with E-state index in [0.29, 0.717) is 5.25 Å². The third-order valence-electron chi connectivity index (χ3n) is 3.48. The van der Waals surface area contributed by atoms with Gasteiger partial charge in [-0.25, -0.2) is 17.5 Å². The molecular formula is C14H17FN2O2S2. The third-order valence-corrected chi connectivity index (χ3v) is 6.23. The monoisotopic (exact) mass is 328 g/mol. The quantitative estimate of drug-likeness (QED) is 0.902. The molecule has 1 aromatic carbocycles. The van der Waals surface area contributed by atoms with E-state index in [1.807, 2.05) is 11.8 Å². The molecule has 0 aromatic heterocycles. The maximum absolute atomic E-state index is 13.3. The first kappa shape index (κ1) is 16.3. The van der Waals surface area contributed by atoms with Crippen molar-refractivity contribution in [2.75, 3.05) is 5.75 Å². The summed E-state index contributed by atoms with van der Waals surface area (Å²) in [6.45, 7) is 2.09. The Morgan fingerprint density at radius 1 is 1.48 bits per heavy atom. The molecule has 1 aliphatic rings. The van der Waals surface area contributed by atoms with Crippen molar-refractivity contribution in [3.05, 3.63) is 29.6 Å². The van der Waals surface area contributed by atoms with Gasteiger partial charge in [-0.2, -0.15) is 17.0 Å². The number of hydrogen-bond donors (Lipinski definition) is 1. The van der Waals surface area contributed by atoms with E-state index in [1.54, 1.807) is 6.07 Å². The van der Waals surface area contributed by atoms with Gasteiger partial charge in [-0.15, -0.1) is 0 Å². The van der Waals surface area contributed by atoms with Gasteiger partial charge in [0.1, 0.15) is 11.9 Å². The van der Waals surface area contributed by atoms with Crippen LogP contribution in [0.5, 0.6) is 0 Å². The Hall–Kier alpha value is -1.10. The second-order valence-corrected chi connectivity index (χ2v) is 8.25. The average molecular weight is 328 g/mol. The van der Waals surface area contributed by atoms with Crippen LogP contribution in [0, 0.1) is 17.1 Å². The Labute approximate surface area is 128 Å². The molecule has 2 atom stereocenters. The number of benzene rings is 1. The molecule has 0 radical (unpaired) electrons. The van der Waals surface area contributed by atoms with E-state index in [9.17, 15) is 12.8 Å². The van der Waals surface area contributed by atoms with Crippen molar-refractivity contribution in [2.45, 2.75) is 42.4 Å². The lowest BCUT2D eigenvalue weighted by Gasteiger charge is -2.13. The predicted octanol–water partition coefficient (Wildman–Crippen LogP) is 2.65. The van der Waals surface area contributed by atoms with Crippen LogP contribution in [0.15, 0.2) is 23.1 Å². The molecule has 4 nitrogen and oxygen atoms in total. The van der Waals surface area contributed by atoms with E-state index in [-0.39, 0.29) is 16.5 Å².